The fourth-order valence-corrected chi connectivity index (χ4v) is 1.29. The largest absolute Gasteiger partial charge is 0.440 e. The Morgan fingerprint density at radius 2 is 0.824 bits per heavy atom. The van der Waals surface area contributed by atoms with Crippen molar-refractivity contribution in [2.75, 3.05) is 26.4 Å². The molecule has 0 aliphatic heterocycles. The first kappa shape index (κ1) is 17.1. The second-order valence-corrected chi connectivity index (χ2v) is 3.69. The first-order chi connectivity index (χ1) is 8.24. The molecule has 0 unspecified atom stereocenters. The van der Waals surface area contributed by atoms with Crippen LogP contribution < -0.4 is 0 Å². The lowest BCUT2D eigenvalue weighted by Gasteiger charge is -2.33. The Labute approximate surface area is 108 Å². The Kier molecular flexibility index (Phi) is 11.3. The van der Waals surface area contributed by atoms with Crippen molar-refractivity contribution in [1.29, 1.82) is 0 Å². The summed E-state index contributed by atoms with van der Waals surface area (Å²) in [5, 5.41) is 0. The van der Waals surface area contributed by atoms with Gasteiger partial charge in [0.05, 0.1) is 5.41 Å². The van der Waals surface area contributed by atoms with E-state index in [0.29, 0.717) is 26.4 Å². The van der Waals surface area contributed by atoms with Crippen molar-refractivity contribution in [2.45, 2.75) is 27.3 Å². The molecule has 0 amide bonds. The van der Waals surface area contributed by atoms with E-state index in [1.54, 1.807) is 29.9 Å². The van der Waals surface area contributed by atoms with E-state index >= 15 is 0 Å². The van der Waals surface area contributed by atoms with Gasteiger partial charge in [-0.15, -0.1) is 0 Å². The van der Waals surface area contributed by atoms with Crippen molar-refractivity contribution in [3.05, 3.63) is 0 Å². The van der Waals surface area contributed by atoms with E-state index in [0.717, 1.165) is 0 Å². The Bertz CT molecular complexity index is 136. The van der Waals surface area contributed by atoms with E-state index in [2.05, 4.69) is 0 Å². The zero-order valence-corrected chi connectivity index (χ0v) is 11.3. The second kappa shape index (κ2) is 11.2. The van der Waals surface area contributed by atoms with Gasteiger partial charge in [0.15, 0.2) is 0 Å². The van der Waals surface area contributed by atoms with Crippen LogP contribution in [-0.2, 0) is 18.6 Å². The lowest BCUT2D eigenvalue weighted by atomic mass is 9.88. The molecule has 0 rings (SSSR count). The predicted molar refractivity (Wildman–Crippen MR) is 72.7 cm³/mol. The van der Waals surface area contributed by atoms with Crippen LogP contribution in [0.5, 0.6) is 0 Å². The summed E-state index contributed by atoms with van der Waals surface area (Å²) < 4.78 is 21.5. The SMILES string of the molecule is C[B]OCC(CO[B]C)(CO[B]C)CO[B]C. The highest BCUT2D eigenvalue weighted by atomic mass is 16.5. The molecule has 0 spiro atoms. The molecule has 0 bridgehead atoms. The van der Waals surface area contributed by atoms with Gasteiger partial charge >= 0.3 is 0 Å². The molecule has 0 aliphatic carbocycles. The van der Waals surface area contributed by atoms with Crippen molar-refractivity contribution in [1.82, 2.24) is 0 Å². The molecule has 17 heavy (non-hydrogen) atoms. The van der Waals surface area contributed by atoms with Crippen LogP contribution in [0.15, 0.2) is 0 Å². The van der Waals surface area contributed by atoms with Crippen LogP contribution in [-0.4, -0.2) is 56.4 Å². The van der Waals surface area contributed by atoms with Crippen molar-refractivity contribution in [3.8, 4) is 0 Å². The highest BCUT2D eigenvalue weighted by Crippen LogP contribution is 2.20. The maximum Gasteiger partial charge on any atom is 0.289 e. The van der Waals surface area contributed by atoms with Gasteiger partial charge in [-0.25, -0.2) is 0 Å². The first-order valence-electron chi connectivity index (χ1n) is 5.82. The van der Waals surface area contributed by atoms with Gasteiger partial charge in [0.2, 0.25) is 0 Å². The summed E-state index contributed by atoms with van der Waals surface area (Å²) in [7, 11) is 6.65. The first-order valence-corrected chi connectivity index (χ1v) is 5.82. The van der Waals surface area contributed by atoms with E-state index in [-0.39, 0.29) is 5.41 Å². The maximum absolute atomic E-state index is 5.38. The van der Waals surface area contributed by atoms with Gasteiger partial charge < -0.3 is 18.6 Å². The minimum Gasteiger partial charge on any atom is -0.440 e. The van der Waals surface area contributed by atoms with Gasteiger partial charge in [-0.1, -0.05) is 27.3 Å². The molecular weight excluding hydrogens is 215 g/mol. The quantitative estimate of drug-likeness (QED) is 0.467. The maximum atomic E-state index is 5.38. The molecule has 0 N–H and O–H groups in total. The summed E-state index contributed by atoms with van der Waals surface area (Å²) in [6, 6.07) is 0. The molecule has 0 saturated carbocycles. The highest BCUT2D eigenvalue weighted by molar-refractivity contribution is 6.25. The summed E-state index contributed by atoms with van der Waals surface area (Å²) in [4.78, 5) is 0. The zero-order valence-electron chi connectivity index (χ0n) is 11.3. The Hall–Kier alpha value is 0.0997. The van der Waals surface area contributed by atoms with Crippen LogP contribution in [0, 0.1) is 5.41 Å². The Morgan fingerprint density at radius 3 is 1.00 bits per heavy atom. The number of hydrogen-bond acceptors (Lipinski definition) is 4. The number of hydrogen-bond donors (Lipinski definition) is 0. The normalized spacial score (nSPS) is 11.1. The molecule has 4 nitrogen and oxygen atoms in total. The summed E-state index contributed by atoms with van der Waals surface area (Å²) in [6.45, 7) is 9.37. The molecule has 0 aromatic carbocycles. The number of rotatable bonds is 12. The lowest BCUT2D eigenvalue weighted by Crippen LogP contribution is -2.42. The van der Waals surface area contributed by atoms with E-state index in [1.165, 1.54) is 0 Å². The topological polar surface area (TPSA) is 36.9 Å². The molecule has 0 atom stereocenters. The molecule has 0 aliphatic rings. The van der Waals surface area contributed by atoms with E-state index in [1.807, 2.05) is 27.3 Å². The molecule has 0 aromatic heterocycles. The summed E-state index contributed by atoms with van der Waals surface area (Å²) in [5.74, 6) is 0. The summed E-state index contributed by atoms with van der Waals surface area (Å²) in [5.41, 5.74) is -0.308. The summed E-state index contributed by atoms with van der Waals surface area (Å²) >= 11 is 0. The smallest absolute Gasteiger partial charge is 0.289 e. The van der Waals surface area contributed by atoms with Gasteiger partial charge in [0, 0.05) is 26.4 Å². The minimum atomic E-state index is -0.308. The van der Waals surface area contributed by atoms with Gasteiger partial charge in [-0.05, 0) is 0 Å². The van der Waals surface area contributed by atoms with Crippen LogP contribution in [0.1, 0.15) is 0 Å². The van der Waals surface area contributed by atoms with Gasteiger partial charge in [0.25, 0.3) is 29.9 Å². The average molecular weight is 236 g/mol. The van der Waals surface area contributed by atoms with E-state index < -0.39 is 0 Å². The predicted octanol–water partition coefficient (Wildman–Crippen LogP) is 0.708. The minimum absolute atomic E-state index is 0.308. The molecule has 4 radical (unpaired) electrons. The molecule has 0 heterocycles. The second-order valence-electron chi connectivity index (χ2n) is 3.69. The standard InChI is InChI=1S/C9H20B4O4/c1-10-14-5-9(6-15-11-2,7-16-12-3)8-17-13-4/h5-8H2,1-4H3. The molecule has 0 fully saturated rings. The van der Waals surface area contributed by atoms with Crippen molar-refractivity contribution in [2.24, 2.45) is 5.41 Å². The Morgan fingerprint density at radius 1 is 0.588 bits per heavy atom. The molecule has 0 saturated heterocycles. The highest BCUT2D eigenvalue weighted by Gasteiger charge is 2.31. The average Bonchev–Trinajstić information content (AvgIpc) is 2.37. The Balaban J connectivity index is 4.39. The van der Waals surface area contributed by atoms with Crippen molar-refractivity contribution in [3.63, 3.8) is 0 Å². The lowest BCUT2D eigenvalue weighted by molar-refractivity contribution is 0.000175. The fourth-order valence-electron chi connectivity index (χ4n) is 1.29. The molecular formula is C9H20B4O4. The van der Waals surface area contributed by atoms with Crippen LogP contribution in [0.2, 0.25) is 27.3 Å². The van der Waals surface area contributed by atoms with Gasteiger partial charge in [-0.2, -0.15) is 0 Å². The van der Waals surface area contributed by atoms with Gasteiger partial charge in [-0.3, -0.25) is 0 Å². The molecule has 8 heteroatoms. The summed E-state index contributed by atoms with van der Waals surface area (Å²) in [6.07, 6.45) is 0. The third-order valence-corrected chi connectivity index (χ3v) is 2.22. The molecule has 92 valence electrons. The third-order valence-electron chi connectivity index (χ3n) is 2.22. The van der Waals surface area contributed by atoms with Crippen LogP contribution in [0.4, 0.5) is 0 Å². The van der Waals surface area contributed by atoms with Crippen LogP contribution in [0.3, 0.4) is 0 Å². The monoisotopic (exact) mass is 236 g/mol. The molecule has 0 aromatic rings. The van der Waals surface area contributed by atoms with E-state index in [4.69, 9.17) is 18.6 Å². The zero-order chi connectivity index (χ0) is 13.0. The third kappa shape index (κ3) is 7.92. The van der Waals surface area contributed by atoms with Crippen LogP contribution >= 0.6 is 0 Å². The van der Waals surface area contributed by atoms with Crippen LogP contribution in [0.25, 0.3) is 0 Å². The van der Waals surface area contributed by atoms with Crippen molar-refractivity contribution >= 4 is 29.9 Å². The van der Waals surface area contributed by atoms with Crippen molar-refractivity contribution < 1.29 is 18.6 Å². The fraction of sp³-hybridized carbons (Fsp3) is 1.00. The van der Waals surface area contributed by atoms with E-state index in [9.17, 15) is 0 Å². The van der Waals surface area contributed by atoms with Gasteiger partial charge in [0.1, 0.15) is 0 Å².